The molecule has 0 unspecified atom stereocenters. The maximum absolute atomic E-state index is 11.7. The highest BCUT2D eigenvalue weighted by molar-refractivity contribution is 5.80. The predicted molar refractivity (Wildman–Crippen MR) is 154 cm³/mol. The number of primary amides is 1. The summed E-state index contributed by atoms with van der Waals surface area (Å²) in [6.07, 6.45) is 29.0. The normalized spacial score (nSPS) is 10.9. The van der Waals surface area contributed by atoms with Gasteiger partial charge in [0.1, 0.15) is 0 Å². The lowest BCUT2D eigenvalue weighted by Crippen LogP contribution is -2.36. The topological polar surface area (TPSA) is 106 Å². The molecule has 0 atom stereocenters. The van der Waals surface area contributed by atoms with E-state index < -0.39 is 5.97 Å². The number of nitrogens with two attached hydrogens (primary N) is 2. The number of aliphatic carboxylic acids is 1. The molecule has 0 aliphatic rings. The molecule has 5 nitrogen and oxygen atoms in total. The van der Waals surface area contributed by atoms with Crippen molar-refractivity contribution in [3.63, 3.8) is 0 Å². The van der Waals surface area contributed by atoms with Gasteiger partial charge in [-0.3, -0.25) is 9.59 Å². The SMILES string of the molecule is CC(=O)O.CCCCCCCC/C=C\CCCCCCCCCCC(CC)(CC)C(N)=O.CCN. The van der Waals surface area contributed by atoms with Gasteiger partial charge in [0, 0.05) is 12.3 Å². The first-order valence-electron chi connectivity index (χ1n) is 14.6. The van der Waals surface area contributed by atoms with E-state index in [-0.39, 0.29) is 11.3 Å². The molecule has 0 rings (SSSR count). The second-order valence-corrected chi connectivity index (χ2v) is 9.67. The van der Waals surface area contributed by atoms with E-state index in [1.807, 2.05) is 6.92 Å². The first-order valence-corrected chi connectivity index (χ1v) is 14.6. The molecule has 0 bridgehead atoms. The van der Waals surface area contributed by atoms with Crippen LogP contribution in [0.15, 0.2) is 12.2 Å². The molecule has 0 aromatic heterocycles. The number of rotatable bonds is 21. The lowest BCUT2D eigenvalue weighted by Gasteiger charge is -2.27. The molecule has 35 heavy (non-hydrogen) atoms. The molecule has 0 aromatic carbocycles. The molecular formula is C30H62N2O3. The van der Waals surface area contributed by atoms with Gasteiger partial charge < -0.3 is 16.6 Å². The number of amides is 1. The fraction of sp³-hybridized carbons (Fsp3) is 0.867. The van der Waals surface area contributed by atoms with Gasteiger partial charge in [-0.25, -0.2) is 0 Å². The fourth-order valence-electron chi connectivity index (χ4n) is 4.14. The van der Waals surface area contributed by atoms with Gasteiger partial charge in [0.15, 0.2) is 0 Å². The Morgan fingerprint density at radius 3 is 1.31 bits per heavy atom. The van der Waals surface area contributed by atoms with Gasteiger partial charge in [-0.2, -0.15) is 0 Å². The minimum Gasteiger partial charge on any atom is -0.481 e. The molecule has 0 spiro atoms. The Balaban J connectivity index is -0.00000129. The third kappa shape index (κ3) is 30.6. The molecule has 0 saturated carbocycles. The molecule has 0 aliphatic heterocycles. The number of carboxylic acid groups (broad SMARTS) is 1. The number of unbranched alkanes of at least 4 members (excludes halogenated alkanes) is 14. The summed E-state index contributed by atoms with van der Waals surface area (Å²) in [6, 6.07) is 0. The van der Waals surface area contributed by atoms with Gasteiger partial charge in [-0.05, 0) is 51.5 Å². The average Bonchev–Trinajstić information content (AvgIpc) is 2.81. The highest BCUT2D eigenvalue weighted by Gasteiger charge is 2.31. The Bertz CT molecular complexity index is 470. The van der Waals surface area contributed by atoms with Crippen molar-refractivity contribution >= 4 is 11.9 Å². The number of carboxylic acids is 1. The lowest BCUT2D eigenvalue weighted by molar-refractivity contribution is -0.134. The van der Waals surface area contributed by atoms with E-state index in [0.717, 1.165) is 39.2 Å². The van der Waals surface area contributed by atoms with Crippen LogP contribution in [0.25, 0.3) is 0 Å². The highest BCUT2D eigenvalue weighted by atomic mass is 16.4. The van der Waals surface area contributed by atoms with Crippen molar-refractivity contribution in [2.75, 3.05) is 6.54 Å². The number of carbonyl (C=O) groups is 2. The van der Waals surface area contributed by atoms with Crippen molar-refractivity contribution in [3.8, 4) is 0 Å². The number of allylic oxidation sites excluding steroid dienone is 2. The molecule has 0 heterocycles. The third-order valence-electron chi connectivity index (χ3n) is 6.54. The number of hydrogen-bond acceptors (Lipinski definition) is 3. The zero-order valence-electron chi connectivity index (χ0n) is 24.2. The summed E-state index contributed by atoms with van der Waals surface area (Å²) >= 11 is 0. The fourth-order valence-corrected chi connectivity index (χ4v) is 4.14. The Hall–Kier alpha value is -1.36. The second-order valence-electron chi connectivity index (χ2n) is 9.67. The van der Waals surface area contributed by atoms with Crippen molar-refractivity contribution in [2.45, 2.75) is 157 Å². The van der Waals surface area contributed by atoms with Crippen molar-refractivity contribution in [1.82, 2.24) is 0 Å². The van der Waals surface area contributed by atoms with E-state index in [9.17, 15) is 4.79 Å². The molecule has 5 heteroatoms. The monoisotopic (exact) mass is 498 g/mol. The molecule has 1 amide bonds. The van der Waals surface area contributed by atoms with Crippen LogP contribution in [0.5, 0.6) is 0 Å². The first-order chi connectivity index (χ1) is 16.8. The molecule has 0 radical (unpaired) electrons. The van der Waals surface area contributed by atoms with Crippen LogP contribution in [0.3, 0.4) is 0 Å². The summed E-state index contributed by atoms with van der Waals surface area (Å²) in [5.74, 6) is -0.932. The van der Waals surface area contributed by atoms with Crippen LogP contribution >= 0.6 is 0 Å². The maximum atomic E-state index is 11.7. The highest BCUT2D eigenvalue weighted by Crippen LogP contribution is 2.32. The zero-order valence-corrected chi connectivity index (χ0v) is 24.2. The predicted octanol–water partition coefficient (Wildman–Crippen LogP) is 8.54. The minimum absolute atomic E-state index is 0.0986. The van der Waals surface area contributed by atoms with Crippen molar-refractivity contribution in [2.24, 2.45) is 16.9 Å². The second kappa shape index (κ2) is 30.7. The largest absolute Gasteiger partial charge is 0.481 e. The van der Waals surface area contributed by atoms with Crippen LogP contribution in [0.2, 0.25) is 0 Å². The van der Waals surface area contributed by atoms with Gasteiger partial charge in [0.05, 0.1) is 0 Å². The summed E-state index contributed by atoms with van der Waals surface area (Å²) in [7, 11) is 0. The van der Waals surface area contributed by atoms with Gasteiger partial charge in [-0.1, -0.05) is 117 Å². The zero-order chi connectivity index (χ0) is 27.2. The Morgan fingerprint density at radius 1 is 0.686 bits per heavy atom. The number of carbonyl (C=O) groups excluding carboxylic acids is 1. The minimum atomic E-state index is -0.833. The van der Waals surface area contributed by atoms with Gasteiger partial charge in [0.2, 0.25) is 5.91 Å². The maximum Gasteiger partial charge on any atom is 0.300 e. The van der Waals surface area contributed by atoms with Crippen LogP contribution in [0.4, 0.5) is 0 Å². The Morgan fingerprint density at radius 2 is 1.00 bits per heavy atom. The molecule has 0 saturated heterocycles. The number of hydrogen-bond donors (Lipinski definition) is 3. The van der Waals surface area contributed by atoms with Gasteiger partial charge in [0.25, 0.3) is 5.97 Å². The van der Waals surface area contributed by atoms with Crippen LogP contribution in [0, 0.1) is 5.41 Å². The van der Waals surface area contributed by atoms with Crippen LogP contribution in [0.1, 0.15) is 157 Å². The lowest BCUT2D eigenvalue weighted by atomic mass is 9.77. The van der Waals surface area contributed by atoms with E-state index in [1.54, 1.807) is 0 Å². The van der Waals surface area contributed by atoms with Crippen molar-refractivity contribution in [1.29, 1.82) is 0 Å². The van der Waals surface area contributed by atoms with Crippen molar-refractivity contribution in [3.05, 3.63) is 12.2 Å². The van der Waals surface area contributed by atoms with Crippen LogP contribution in [-0.4, -0.2) is 23.5 Å². The molecule has 210 valence electrons. The Labute approximate surface area is 218 Å². The van der Waals surface area contributed by atoms with Crippen LogP contribution in [-0.2, 0) is 9.59 Å². The van der Waals surface area contributed by atoms with Crippen LogP contribution < -0.4 is 11.5 Å². The van der Waals surface area contributed by atoms with E-state index in [4.69, 9.17) is 21.4 Å². The molecular weight excluding hydrogens is 436 g/mol. The summed E-state index contributed by atoms with van der Waals surface area (Å²) in [6.45, 7) is 10.2. The quantitative estimate of drug-likeness (QED) is 0.109. The van der Waals surface area contributed by atoms with Crippen molar-refractivity contribution < 1.29 is 14.7 Å². The molecule has 0 fully saturated rings. The van der Waals surface area contributed by atoms with E-state index in [1.165, 1.54) is 96.3 Å². The standard InChI is InChI=1S/C26H51NO.C2H7N.C2H4O2/c1-4-7-8-9-10-11-12-13-14-15-16-17-18-19-20-21-22-23-24-26(5-2,6-3)25(27)28;1-2-3;1-2(3)4/h13-14H,4-12,15-24H2,1-3H3,(H2,27,28);2-3H2,1H3;1H3,(H,3,4)/b14-13-;;. The Kier molecular flexibility index (Phi) is 33.5. The van der Waals surface area contributed by atoms with E-state index >= 15 is 0 Å². The summed E-state index contributed by atoms with van der Waals surface area (Å²) < 4.78 is 0. The average molecular weight is 499 g/mol. The first kappa shape index (κ1) is 38.2. The van der Waals surface area contributed by atoms with E-state index in [0.29, 0.717) is 0 Å². The van der Waals surface area contributed by atoms with E-state index in [2.05, 4.69) is 32.9 Å². The summed E-state index contributed by atoms with van der Waals surface area (Å²) in [4.78, 5) is 20.7. The summed E-state index contributed by atoms with van der Waals surface area (Å²) in [5, 5.41) is 7.42. The summed E-state index contributed by atoms with van der Waals surface area (Å²) in [5.41, 5.74) is 10.2. The molecule has 5 N–H and O–H groups in total. The van der Waals surface area contributed by atoms with Gasteiger partial charge >= 0.3 is 0 Å². The van der Waals surface area contributed by atoms with Gasteiger partial charge in [-0.15, -0.1) is 0 Å². The molecule has 0 aliphatic carbocycles. The smallest absolute Gasteiger partial charge is 0.300 e. The third-order valence-corrected chi connectivity index (χ3v) is 6.54. The molecule has 0 aromatic rings.